The van der Waals surface area contributed by atoms with Gasteiger partial charge in [0.05, 0.1) is 11.3 Å². The van der Waals surface area contributed by atoms with E-state index in [0.29, 0.717) is 17.8 Å². The molecule has 2 aliphatic carbocycles. The average molecular weight is 352 g/mol. The lowest BCUT2D eigenvalue weighted by Gasteiger charge is -2.51. The summed E-state index contributed by atoms with van der Waals surface area (Å²) < 4.78 is 0. The maximum Gasteiger partial charge on any atom is 0.465 e. The maximum atomic E-state index is 11.0. The van der Waals surface area contributed by atoms with E-state index in [-0.39, 0.29) is 5.92 Å². The molecule has 26 heavy (non-hydrogen) atoms. The van der Waals surface area contributed by atoms with Crippen molar-refractivity contribution in [2.24, 2.45) is 28.8 Å². The highest BCUT2D eigenvalue weighted by molar-refractivity contribution is 6.66. The highest BCUT2D eigenvalue weighted by Gasteiger charge is 2.50. The van der Waals surface area contributed by atoms with E-state index in [1.807, 2.05) is 12.3 Å². The molecule has 4 N–H and O–H groups in total. The van der Waals surface area contributed by atoms with E-state index in [9.17, 15) is 10.1 Å². The summed E-state index contributed by atoms with van der Waals surface area (Å²) in [5.74, 6) is 1.56. The van der Waals surface area contributed by atoms with Crippen LogP contribution in [0, 0.1) is 23.7 Å². The van der Waals surface area contributed by atoms with Crippen molar-refractivity contribution in [3.63, 3.8) is 0 Å². The number of aromatic amines is 1. The van der Waals surface area contributed by atoms with Crippen molar-refractivity contribution in [2.45, 2.75) is 45.1 Å². The second-order valence-corrected chi connectivity index (χ2v) is 8.80. The van der Waals surface area contributed by atoms with Crippen molar-refractivity contribution in [2.75, 3.05) is 0 Å². The van der Waals surface area contributed by atoms with E-state index in [2.05, 4.69) is 34.3 Å². The molecular formula is C19H25BN4O2. The van der Waals surface area contributed by atoms with Crippen molar-refractivity contribution < 1.29 is 10.1 Å². The van der Waals surface area contributed by atoms with Gasteiger partial charge in [0, 0.05) is 34.7 Å². The molecule has 2 aromatic heterocycles. The lowest BCUT2D eigenvalue weighted by molar-refractivity contribution is -0.0917. The van der Waals surface area contributed by atoms with E-state index in [4.69, 9.17) is 0 Å². The third kappa shape index (κ3) is 2.33. The predicted molar refractivity (Wildman–Crippen MR) is 102 cm³/mol. The lowest BCUT2D eigenvalue weighted by atomic mass is 9.55. The first kappa shape index (κ1) is 16.3. The Kier molecular flexibility index (Phi) is 3.50. The van der Waals surface area contributed by atoms with Crippen LogP contribution in [0.5, 0.6) is 0 Å². The summed E-state index contributed by atoms with van der Waals surface area (Å²) in [7, 11) is -0.832. The number of nitrogens with one attached hydrogen (secondary N) is 2. The SMILES string of the molecule is C[C@@H]1C[C@H]2C[C@@](O)(C1)C[C@@H](C)[C@H]2C1=NNB(O)c2cnc3[nH]ccc3c21. The summed E-state index contributed by atoms with van der Waals surface area (Å²) in [5, 5.41) is 30.0. The van der Waals surface area contributed by atoms with Crippen molar-refractivity contribution in [1.82, 2.24) is 15.3 Å². The van der Waals surface area contributed by atoms with E-state index >= 15 is 0 Å². The number of fused-ring (bicyclic) bond motifs is 5. The number of hydrazone groups is 1. The van der Waals surface area contributed by atoms with Gasteiger partial charge in [0.15, 0.2) is 0 Å². The number of aliphatic hydroxyl groups is 1. The molecule has 136 valence electrons. The molecule has 2 aromatic rings. The average Bonchev–Trinajstić information content (AvgIpc) is 3.03. The number of hydrogen-bond donors (Lipinski definition) is 4. The largest absolute Gasteiger partial charge is 0.465 e. The highest BCUT2D eigenvalue weighted by Crippen LogP contribution is 2.51. The van der Waals surface area contributed by atoms with Gasteiger partial charge in [-0.3, -0.25) is 0 Å². The van der Waals surface area contributed by atoms with Gasteiger partial charge in [0.1, 0.15) is 5.65 Å². The van der Waals surface area contributed by atoms with Crippen LogP contribution in [0.25, 0.3) is 11.0 Å². The van der Waals surface area contributed by atoms with Gasteiger partial charge in [-0.2, -0.15) is 5.10 Å². The molecule has 0 radical (unpaired) electrons. The summed E-state index contributed by atoms with van der Waals surface area (Å²) in [4.78, 5) is 7.61. The van der Waals surface area contributed by atoms with Gasteiger partial charge < -0.3 is 20.5 Å². The van der Waals surface area contributed by atoms with Crippen LogP contribution in [0.3, 0.4) is 0 Å². The monoisotopic (exact) mass is 352 g/mol. The Morgan fingerprint density at radius 1 is 1.27 bits per heavy atom. The van der Waals surface area contributed by atoms with Gasteiger partial charge in [-0.1, -0.05) is 13.8 Å². The van der Waals surface area contributed by atoms with Gasteiger partial charge in [-0.05, 0) is 49.5 Å². The zero-order valence-electron chi connectivity index (χ0n) is 15.2. The summed E-state index contributed by atoms with van der Waals surface area (Å²) in [5.41, 5.74) is 3.13. The molecule has 5 atom stereocenters. The molecule has 0 aromatic carbocycles. The van der Waals surface area contributed by atoms with Crippen LogP contribution in [-0.4, -0.2) is 38.5 Å². The van der Waals surface area contributed by atoms with E-state index in [1.165, 1.54) is 0 Å². The molecule has 0 saturated heterocycles. The van der Waals surface area contributed by atoms with Gasteiger partial charge in [-0.15, -0.1) is 0 Å². The van der Waals surface area contributed by atoms with Crippen molar-refractivity contribution >= 4 is 29.3 Å². The van der Waals surface area contributed by atoms with Crippen LogP contribution in [0.1, 0.15) is 45.1 Å². The second-order valence-electron chi connectivity index (χ2n) is 8.80. The highest BCUT2D eigenvalue weighted by atomic mass is 16.3. The van der Waals surface area contributed by atoms with Crippen LogP contribution in [-0.2, 0) is 0 Å². The number of pyridine rings is 1. The molecule has 2 bridgehead atoms. The Hall–Kier alpha value is -1.86. The minimum absolute atomic E-state index is 0.275. The predicted octanol–water partition coefficient (Wildman–Crippen LogP) is 1.38. The zero-order chi connectivity index (χ0) is 18.1. The first-order chi connectivity index (χ1) is 12.5. The Morgan fingerprint density at radius 2 is 2.12 bits per heavy atom. The third-order valence-corrected chi connectivity index (χ3v) is 6.69. The van der Waals surface area contributed by atoms with E-state index in [0.717, 1.165) is 53.5 Å². The third-order valence-electron chi connectivity index (χ3n) is 6.69. The first-order valence-electron chi connectivity index (χ1n) is 9.65. The van der Waals surface area contributed by atoms with Gasteiger partial charge in [-0.25, -0.2) is 4.98 Å². The fourth-order valence-corrected chi connectivity index (χ4v) is 6.04. The molecule has 2 saturated carbocycles. The number of H-pyrrole nitrogens is 1. The van der Waals surface area contributed by atoms with Gasteiger partial charge in [0.25, 0.3) is 0 Å². The first-order valence-corrected chi connectivity index (χ1v) is 9.65. The molecular weight excluding hydrogens is 327 g/mol. The summed E-state index contributed by atoms with van der Waals surface area (Å²) >= 11 is 0. The number of nitrogens with zero attached hydrogens (tertiary/aromatic N) is 2. The fraction of sp³-hybridized carbons (Fsp3) is 0.579. The smallest absolute Gasteiger partial charge is 0.428 e. The quantitative estimate of drug-likeness (QED) is 0.584. The summed E-state index contributed by atoms with van der Waals surface area (Å²) in [6, 6.07) is 2.02. The van der Waals surface area contributed by atoms with Crippen LogP contribution in [0.15, 0.2) is 23.6 Å². The maximum absolute atomic E-state index is 11.0. The molecule has 6 nitrogen and oxygen atoms in total. The molecule has 5 rings (SSSR count). The minimum atomic E-state index is -0.832. The second kappa shape index (κ2) is 5.57. The van der Waals surface area contributed by atoms with E-state index in [1.54, 1.807) is 6.20 Å². The molecule has 3 aliphatic rings. The molecule has 0 unspecified atom stereocenters. The molecule has 0 amide bonds. The van der Waals surface area contributed by atoms with Crippen molar-refractivity contribution in [1.29, 1.82) is 0 Å². The standard InChI is InChI=1S/C19H25BN4O2/c1-10-5-12-8-19(25,6-10)7-11(2)15(12)17-16-13-3-4-21-18(13)22-9-14(16)20(26)24-23-17/h3-4,9-12,15,24-26H,5-8H2,1-2H3,(H,21,22)/t10-,11-,12+,15-,19-/m1/s1. The number of rotatable bonds is 1. The van der Waals surface area contributed by atoms with Crippen LogP contribution in [0.4, 0.5) is 0 Å². The van der Waals surface area contributed by atoms with Crippen LogP contribution in [0.2, 0.25) is 0 Å². The lowest BCUT2D eigenvalue weighted by Crippen LogP contribution is -2.55. The minimum Gasteiger partial charge on any atom is -0.428 e. The van der Waals surface area contributed by atoms with E-state index < -0.39 is 12.7 Å². The van der Waals surface area contributed by atoms with Crippen LogP contribution < -0.4 is 10.8 Å². The van der Waals surface area contributed by atoms with Crippen molar-refractivity contribution in [3.8, 4) is 0 Å². The number of hydrogen-bond acceptors (Lipinski definition) is 5. The fourth-order valence-electron chi connectivity index (χ4n) is 6.04. The normalized spacial score (nSPS) is 36.5. The molecule has 3 heterocycles. The molecule has 2 fully saturated rings. The van der Waals surface area contributed by atoms with Crippen LogP contribution >= 0.6 is 0 Å². The number of aromatic nitrogens is 2. The Labute approximate surface area is 153 Å². The Bertz CT molecular complexity index is 893. The van der Waals surface area contributed by atoms with Gasteiger partial charge >= 0.3 is 7.05 Å². The van der Waals surface area contributed by atoms with Gasteiger partial charge in [0.2, 0.25) is 0 Å². The molecule has 0 spiro atoms. The molecule has 7 heteroatoms. The van der Waals surface area contributed by atoms with Crippen molar-refractivity contribution in [3.05, 3.63) is 24.0 Å². The Morgan fingerprint density at radius 3 is 2.96 bits per heavy atom. The topological polar surface area (TPSA) is 93.5 Å². The summed E-state index contributed by atoms with van der Waals surface area (Å²) in [6.45, 7) is 4.48. The summed E-state index contributed by atoms with van der Waals surface area (Å²) in [6.07, 6.45) is 7.33. The zero-order valence-corrected chi connectivity index (χ0v) is 15.2. The molecule has 1 aliphatic heterocycles. The Balaban J connectivity index is 1.64.